The summed E-state index contributed by atoms with van der Waals surface area (Å²) in [5.74, 6) is -0.564. The van der Waals surface area contributed by atoms with Crippen LogP contribution in [-0.4, -0.2) is 18.0 Å². The van der Waals surface area contributed by atoms with E-state index < -0.39 is 0 Å². The third kappa shape index (κ3) is 5.72. The van der Waals surface area contributed by atoms with Crippen molar-refractivity contribution in [1.29, 1.82) is 0 Å². The van der Waals surface area contributed by atoms with Crippen LogP contribution in [0.1, 0.15) is 29.5 Å². The zero-order valence-corrected chi connectivity index (χ0v) is 14.9. The van der Waals surface area contributed by atoms with E-state index in [1.807, 2.05) is 38.1 Å². The summed E-state index contributed by atoms with van der Waals surface area (Å²) in [4.78, 5) is 23.7. The maximum Gasteiger partial charge on any atom is 0.240 e. The van der Waals surface area contributed by atoms with Crippen molar-refractivity contribution in [3.63, 3.8) is 0 Å². The van der Waals surface area contributed by atoms with E-state index in [1.54, 1.807) is 24.4 Å². The molecule has 0 saturated heterocycles. The summed E-state index contributed by atoms with van der Waals surface area (Å²) in [5.41, 5.74) is 5.87. The fraction of sp³-hybridized carbons (Fsp3) is 0.211. The molecule has 0 saturated carbocycles. The number of nitrogens with one attached hydrogen (secondary N) is 2. The van der Waals surface area contributed by atoms with Gasteiger partial charge in [-0.1, -0.05) is 41.9 Å². The molecule has 0 aliphatic rings. The summed E-state index contributed by atoms with van der Waals surface area (Å²) in [7, 11) is 0. The first-order valence-electron chi connectivity index (χ1n) is 7.90. The number of aryl methyl sites for hydroxylation is 1. The van der Waals surface area contributed by atoms with Crippen molar-refractivity contribution in [1.82, 2.24) is 5.43 Å². The number of carbonyl (C=O) groups is 2. The Morgan fingerprint density at radius 3 is 2.52 bits per heavy atom. The van der Waals surface area contributed by atoms with E-state index in [2.05, 4.69) is 15.8 Å². The third-order valence-corrected chi connectivity index (χ3v) is 4.11. The number of anilines is 1. The summed E-state index contributed by atoms with van der Waals surface area (Å²) in [6.45, 7) is 3.79. The van der Waals surface area contributed by atoms with Gasteiger partial charge in [0, 0.05) is 23.6 Å². The molecule has 0 atom stereocenters. The minimum atomic E-state index is -0.317. The Kier molecular flexibility index (Phi) is 6.71. The van der Waals surface area contributed by atoms with E-state index in [4.69, 9.17) is 11.6 Å². The molecule has 2 rings (SSSR count). The molecule has 0 aliphatic carbocycles. The molecule has 2 aromatic rings. The number of hydrogen-bond acceptors (Lipinski definition) is 3. The van der Waals surface area contributed by atoms with Crippen LogP contribution in [0.2, 0.25) is 5.02 Å². The van der Waals surface area contributed by atoms with Crippen molar-refractivity contribution in [2.75, 3.05) is 5.32 Å². The maximum absolute atomic E-state index is 11.9. The lowest BCUT2D eigenvalue weighted by molar-refractivity contribution is -0.124. The molecule has 0 unspecified atom stereocenters. The van der Waals surface area contributed by atoms with Gasteiger partial charge in [-0.3, -0.25) is 9.59 Å². The van der Waals surface area contributed by atoms with Crippen molar-refractivity contribution in [3.05, 3.63) is 64.2 Å². The molecule has 0 aliphatic heterocycles. The van der Waals surface area contributed by atoms with Crippen molar-refractivity contribution < 1.29 is 9.59 Å². The predicted molar refractivity (Wildman–Crippen MR) is 101 cm³/mol. The number of rotatable bonds is 6. The van der Waals surface area contributed by atoms with Crippen LogP contribution in [0, 0.1) is 13.8 Å². The van der Waals surface area contributed by atoms with Crippen LogP contribution in [0.25, 0.3) is 0 Å². The number of amides is 2. The lowest BCUT2D eigenvalue weighted by Crippen LogP contribution is -2.21. The zero-order valence-electron chi connectivity index (χ0n) is 14.2. The van der Waals surface area contributed by atoms with Gasteiger partial charge in [-0.25, -0.2) is 5.43 Å². The van der Waals surface area contributed by atoms with Crippen LogP contribution in [0.15, 0.2) is 47.6 Å². The van der Waals surface area contributed by atoms with E-state index in [9.17, 15) is 9.59 Å². The highest BCUT2D eigenvalue weighted by atomic mass is 35.5. The minimum Gasteiger partial charge on any atom is -0.326 e. The largest absolute Gasteiger partial charge is 0.326 e. The Balaban J connectivity index is 1.79. The first-order valence-corrected chi connectivity index (χ1v) is 8.27. The number of halogens is 1. The number of benzene rings is 2. The third-order valence-electron chi connectivity index (χ3n) is 3.70. The van der Waals surface area contributed by atoms with E-state index >= 15 is 0 Å². The van der Waals surface area contributed by atoms with Crippen LogP contribution >= 0.6 is 11.6 Å². The second-order valence-corrected chi connectivity index (χ2v) is 6.02. The molecule has 0 fully saturated rings. The fourth-order valence-corrected chi connectivity index (χ4v) is 2.32. The highest BCUT2D eigenvalue weighted by molar-refractivity contribution is 6.31. The van der Waals surface area contributed by atoms with Crippen molar-refractivity contribution in [2.24, 2.45) is 5.10 Å². The van der Waals surface area contributed by atoms with Gasteiger partial charge in [0.2, 0.25) is 11.8 Å². The highest BCUT2D eigenvalue weighted by Gasteiger charge is 2.09. The maximum atomic E-state index is 11.9. The second kappa shape index (κ2) is 8.99. The van der Waals surface area contributed by atoms with Crippen LogP contribution in [-0.2, 0) is 9.59 Å². The van der Waals surface area contributed by atoms with Crippen LogP contribution in [0.4, 0.5) is 5.69 Å². The Hall–Kier alpha value is -2.66. The van der Waals surface area contributed by atoms with E-state index in [0.717, 1.165) is 16.7 Å². The second-order valence-electron chi connectivity index (χ2n) is 5.61. The van der Waals surface area contributed by atoms with Gasteiger partial charge in [-0.2, -0.15) is 5.10 Å². The summed E-state index contributed by atoms with van der Waals surface area (Å²) in [6, 6.07) is 13.0. The Labute approximate surface area is 152 Å². The highest BCUT2D eigenvalue weighted by Crippen LogP contribution is 2.23. The average molecular weight is 358 g/mol. The van der Waals surface area contributed by atoms with Gasteiger partial charge < -0.3 is 5.32 Å². The van der Waals surface area contributed by atoms with E-state index in [1.165, 1.54) is 0 Å². The van der Waals surface area contributed by atoms with Gasteiger partial charge in [0.1, 0.15) is 0 Å². The SMILES string of the molecule is Cc1ccccc1C=NNC(=O)CCC(=O)Nc1cccc(Cl)c1C. The monoisotopic (exact) mass is 357 g/mol. The van der Waals surface area contributed by atoms with Gasteiger partial charge in [0.05, 0.1) is 6.21 Å². The predicted octanol–water partition coefficient (Wildman–Crippen LogP) is 3.83. The van der Waals surface area contributed by atoms with E-state index in [-0.39, 0.29) is 24.7 Å². The van der Waals surface area contributed by atoms with Crippen LogP contribution in [0.5, 0.6) is 0 Å². The molecule has 2 amide bonds. The lowest BCUT2D eigenvalue weighted by atomic mass is 10.1. The van der Waals surface area contributed by atoms with Gasteiger partial charge in [-0.05, 0) is 42.7 Å². The van der Waals surface area contributed by atoms with Gasteiger partial charge >= 0.3 is 0 Å². The topological polar surface area (TPSA) is 70.6 Å². The van der Waals surface area contributed by atoms with E-state index in [0.29, 0.717) is 10.7 Å². The molecule has 0 aromatic heterocycles. The summed E-state index contributed by atoms with van der Waals surface area (Å²) in [5, 5.41) is 7.25. The molecular formula is C19H20ClN3O2. The molecule has 130 valence electrons. The molecule has 2 aromatic carbocycles. The summed E-state index contributed by atoms with van der Waals surface area (Å²) >= 11 is 6.01. The van der Waals surface area contributed by atoms with Crippen LogP contribution < -0.4 is 10.7 Å². The molecule has 2 N–H and O–H groups in total. The van der Waals surface area contributed by atoms with Crippen molar-refractivity contribution in [2.45, 2.75) is 26.7 Å². The first kappa shape index (κ1) is 18.7. The molecule has 0 spiro atoms. The lowest BCUT2D eigenvalue weighted by Gasteiger charge is -2.09. The molecule has 0 heterocycles. The minimum absolute atomic E-state index is 0.0521. The quantitative estimate of drug-likeness (QED) is 0.609. The van der Waals surface area contributed by atoms with Crippen LogP contribution in [0.3, 0.4) is 0 Å². The fourth-order valence-electron chi connectivity index (χ4n) is 2.14. The summed E-state index contributed by atoms with van der Waals surface area (Å²) < 4.78 is 0. The zero-order chi connectivity index (χ0) is 18.2. The Morgan fingerprint density at radius 2 is 1.76 bits per heavy atom. The molecule has 5 nitrogen and oxygen atoms in total. The Bertz CT molecular complexity index is 803. The molecule has 0 radical (unpaired) electrons. The van der Waals surface area contributed by atoms with Gasteiger partial charge in [0.25, 0.3) is 0 Å². The van der Waals surface area contributed by atoms with Gasteiger partial charge in [0.15, 0.2) is 0 Å². The van der Waals surface area contributed by atoms with Gasteiger partial charge in [-0.15, -0.1) is 0 Å². The first-order chi connectivity index (χ1) is 12.0. The average Bonchev–Trinajstić information content (AvgIpc) is 2.59. The normalized spacial score (nSPS) is 10.7. The smallest absolute Gasteiger partial charge is 0.240 e. The molecular weight excluding hydrogens is 338 g/mol. The molecule has 6 heteroatoms. The standard InChI is InChI=1S/C19H20ClN3O2/c1-13-6-3-4-7-15(13)12-21-23-19(25)11-10-18(24)22-17-9-5-8-16(20)14(17)2/h3-9,12H,10-11H2,1-2H3,(H,22,24)(H,23,25). The number of hydrogen-bond donors (Lipinski definition) is 2. The number of nitrogens with zero attached hydrogens (tertiary/aromatic N) is 1. The Morgan fingerprint density at radius 1 is 1.04 bits per heavy atom. The number of carbonyl (C=O) groups excluding carboxylic acids is 2. The molecule has 0 bridgehead atoms. The summed E-state index contributed by atoms with van der Waals surface area (Å²) in [6.07, 6.45) is 1.71. The number of hydrazone groups is 1. The van der Waals surface area contributed by atoms with Crippen molar-refractivity contribution >= 4 is 35.3 Å². The molecule has 25 heavy (non-hydrogen) atoms. The van der Waals surface area contributed by atoms with Crippen molar-refractivity contribution in [3.8, 4) is 0 Å².